The molecule has 0 N–H and O–H groups in total. The Hall–Kier alpha value is -0.960. The third-order valence-corrected chi connectivity index (χ3v) is 3.47. The van der Waals surface area contributed by atoms with Crippen molar-refractivity contribution < 1.29 is 4.79 Å². The van der Waals surface area contributed by atoms with Crippen molar-refractivity contribution in [3.63, 3.8) is 0 Å². The summed E-state index contributed by atoms with van der Waals surface area (Å²) in [6.07, 6.45) is 2.49. The molecule has 0 atom stereocenters. The number of hydrogen-bond donors (Lipinski definition) is 1. The number of benzene rings is 1. The first-order valence-electron chi connectivity index (χ1n) is 6.12. The first-order chi connectivity index (χ1) is 8.08. The monoisotopic (exact) mass is 251 g/mol. The van der Waals surface area contributed by atoms with Crippen LogP contribution in [0.1, 0.15) is 32.3 Å². The second-order valence-corrected chi connectivity index (χ2v) is 4.83. The predicted octanol–water partition coefficient (Wildman–Crippen LogP) is 3.16. The Morgan fingerprint density at radius 1 is 1.24 bits per heavy atom. The summed E-state index contributed by atoms with van der Waals surface area (Å²) in [7, 11) is 1.90. The van der Waals surface area contributed by atoms with E-state index in [1.54, 1.807) is 0 Å². The van der Waals surface area contributed by atoms with Gasteiger partial charge < -0.3 is 4.90 Å². The van der Waals surface area contributed by atoms with E-state index in [1.807, 2.05) is 36.2 Å². The molecule has 3 heteroatoms. The number of thiol groups is 1. The van der Waals surface area contributed by atoms with Crippen LogP contribution in [0, 0.1) is 0 Å². The normalized spacial score (nSPS) is 10.6. The predicted molar refractivity (Wildman–Crippen MR) is 74.5 cm³/mol. The van der Waals surface area contributed by atoms with E-state index >= 15 is 0 Å². The summed E-state index contributed by atoms with van der Waals surface area (Å²) in [6, 6.07) is 8.11. The van der Waals surface area contributed by atoms with E-state index < -0.39 is 0 Å². The standard InChI is InChI=1S/C14H21NOS/c1-4-12(5-2)15(3)14(16)10-11-6-8-13(17)9-7-11/h6-9,12,17H,4-5,10H2,1-3H3. The van der Waals surface area contributed by atoms with Crippen LogP contribution < -0.4 is 0 Å². The van der Waals surface area contributed by atoms with Crippen molar-refractivity contribution in [2.45, 2.75) is 44.0 Å². The average Bonchev–Trinajstić information content (AvgIpc) is 2.33. The molecule has 0 spiro atoms. The third-order valence-electron chi connectivity index (χ3n) is 3.18. The zero-order valence-electron chi connectivity index (χ0n) is 10.8. The van der Waals surface area contributed by atoms with Crippen LogP contribution in [0.4, 0.5) is 0 Å². The van der Waals surface area contributed by atoms with E-state index in [-0.39, 0.29) is 5.91 Å². The fraction of sp³-hybridized carbons (Fsp3) is 0.500. The Balaban J connectivity index is 2.62. The molecular weight excluding hydrogens is 230 g/mol. The van der Waals surface area contributed by atoms with Crippen LogP contribution in [0.25, 0.3) is 0 Å². The van der Waals surface area contributed by atoms with E-state index in [0.29, 0.717) is 12.5 Å². The second kappa shape index (κ2) is 6.70. The molecule has 0 aliphatic rings. The fourth-order valence-corrected chi connectivity index (χ4v) is 2.10. The Labute approximate surface area is 109 Å². The largest absolute Gasteiger partial charge is 0.343 e. The van der Waals surface area contributed by atoms with Gasteiger partial charge in [-0.1, -0.05) is 26.0 Å². The minimum absolute atomic E-state index is 0.186. The van der Waals surface area contributed by atoms with Gasteiger partial charge in [0.15, 0.2) is 0 Å². The van der Waals surface area contributed by atoms with Crippen LogP contribution in [0.15, 0.2) is 29.2 Å². The van der Waals surface area contributed by atoms with Gasteiger partial charge in [-0.15, -0.1) is 12.6 Å². The summed E-state index contributed by atoms with van der Waals surface area (Å²) in [5.41, 5.74) is 1.05. The van der Waals surface area contributed by atoms with Crippen LogP contribution in [0.5, 0.6) is 0 Å². The Bertz CT molecular complexity index is 357. The van der Waals surface area contributed by atoms with Gasteiger partial charge in [-0.2, -0.15) is 0 Å². The molecule has 0 unspecified atom stereocenters. The topological polar surface area (TPSA) is 20.3 Å². The molecule has 2 nitrogen and oxygen atoms in total. The highest BCUT2D eigenvalue weighted by molar-refractivity contribution is 7.80. The molecule has 1 aromatic carbocycles. The van der Waals surface area contributed by atoms with Crippen LogP contribution in [-0.2, 0) is 11.2 Å². The van der Waals surface area contributed by atoms with Gasteiger partial charge in [0.25, 0.3) is 0 Å². The first-order valence-corrected chi connectivity index (χ1v) is 6.56. The fourth-order valence-electron chi connectivity index (χ4n) is 1.95. The van der Waals surface area contributed by atoms with Crippen LogP contribution in [-0.4, -0.2) is 23.9 Å². The maximum Gasteiger partial charge on any atom is 0.226 e. The lowest BCUT2D eigenvalue weighted by Crippen LogP contribution is -2.37. The quantitative estimate of drug-likeness (QED) is 0.797. The molecule has 0 aliphatic heterocycles. The van der Waals surface area contributed by atoms with Crippen molar-refractivity contribution in [3.05, 3.63) is 29.8 Å². The zero-order chi connectivity index (χ0) is 12.8. The summed E-state index contributed by atoms with van der Waals surface area (Å²) < 4.78 is 0. The van der Waals surface area contributed by atoms with E-state index in [9.17, 15) is 4.79 Å². The maximum absolute atomic E-state index is 12.1. The summed E-state index contributed by atoms with van der Waals surface area (Å²) in [6.45, 7) is 4.24. The molecule has 1 rings (SSSR count). The Kier molecular flexibility index (Phi) is 5.56. The van der Waals surface area contributed by atoms with Crippen molar-refractivity contribution in [2.24, 2.45) is 0 Å². The van der Waals surface area contributed by atoms with Gasteiger partial charge in [0.2, 0.25) is 5.91 Å². The third kappa shape index (κ3) is 4.08. The van der Waals surface area contributed by atoms with Gasteiger partial charge in [-0.3, -0.25) is 4.79 Å². The Morgan fingerprint density at radius 2 is 1.76 bits per heavy atom. The smallest absolute Gasteiger partial charge is 0.226 e. The van der Waals surface area contributed by atoms with Crippen molar-refractivity contribution in [3.8, 4) is 0 Å². The number of rotatable bonds is 5. The average molecular weight is 251 g/mol. The molecule has 0 heterocycles. The van der Waals surface area contributed by atoms with Crippen molar-refractivity contribution in [1.82, 2.24) is 4.90 Å². The zero-order valence-corrected chi connectivity index (χ0v) is 11.7. The lowest BCUT2D eigenvalue weighted by Gasteiger charge is -2.26. The number of carbonyl (C=O) groups is 1. The van der Waals surface area contributed by atoms with Crippen molar-refractivity contribution in [1.29, 1.82) is 0 Å². The first kappa shape index (κ1) is 14.1. The molecular formula is C14H21NOS. The van der Waals surface area contributed by atoms with Gasteiger partial charge in [-0.05, 0) is 30.5 Å². The maximum atomic E-state index is 12.1. The lowest BCUT2D eigenvalue weighted by atomic mass is 10.1. The van der Waals surface area contributed by atoms with Crippen molar-refractivity contribution >= 4 is 18.5 Å². The van der Waals surface area contributed by atoms with Crippen LogP contribution in [0.3, 0.4) is 0 Å². The molecule has 0 aliphatic carbocycles. The molecule has 94 valence electrons. The molecule has 0 saturated heterocycles. The van der Waals surface area contributed by atoms with E-state index in [0.717, 1.165) is 23.3 Å². The van der Waals surface area contributed by atoms with Gasteiger partial charge >= 0.3 is 0 Å². The molecule has 0 saturated carbocycles. The van der Waals surface area contributed by atoms with Crippen LogP contribution in [0.2, 0.25) is 0 Å². The summed E-state index contributed by atoms with van der Waals surface area (Å²) >= 11 is 4.23. The van der Waals surface area contributed by atoms with Crippen molar-refractivity contribution in [2.75, 3.05) is 7.05 Å². The molecule has 0 radical (unpaired) electrons. The van der Waals surface area contributed by atoms with E-state index in [2.05, 4.69) is 26.5 Å². The molecule has 1 amide bonds. The SMILES string of the molecule is CCC(CC)N(C)C(=O)Cc1ccc(S)cc1. The van der Waals surface area contributed by atoms with Gasteiger partial charge in [0.05, 0.1) is 6.42 Å². The van der Waals surface area contributed by atoms with E-state index in [4.69, 9.17) is 0 Å². The number of likely N-dealkylation sites (N-methyl/N-ethyl adjacent to an activating group) is 1. The molecule has 0 fully saturated rings. The Morgan fingerprint density at radius 3 is 2.24 bits per heavy atom. The van der Waals surface area contributed by atoms with Gasteiger partial charge in [0, 0.05) is 18.0 Å². The number of hydrogen-bond acceptors (Lipinski definition) is 2. The molecule has 17 heavy (non-hydrogen) atoms. The summed E-state index contributed by atoms with van der Waals surface area (Å²) in [5.74, 6) is 0.186. The summed E-state index contributed by atoms with van der Waals surface area (Å²) in [4.78, 5) is 14.9. The number of nitrogens with zero attached hydrogens (tertiary/aromatic N) is 1. The minimum Gasteiger partial charge on any atom is -0.343 e. The second-order valence-electron chi connectivity index (χ2n) is 4.32. The molecule has 1 aromatic rings. The summed E-state index contributed by atoms with van der Waals surface area (Å²) in [5, 5.41) is 0. The van der Waals surface area contributed by atoms with E-state index in [1.165, 1.54) is 0 Å². The highest BCUT2D eigenvalue weighted by atomic mass is 32.1. The highest BCUT2D eigenvalue weighted by Crippen LogP contribution is 2.12. The lowest BCUT2D eigenvalue weighted by molar-refractivity contribution is -0.131. The number of amides is 1. The van der Waals surface area contributed by atoms with Crippen LogP contribution >= 0.6 is 12.6 Å². The highest BCUT2D eigenvalue weighted by Gasteiger charge is 2.16. The number of carbonyl (C=O) groups excluding carboxylic acids is 1. The molecule has 0 aromatic heterocycles. The molecule has 0 bridgehead atoms. The van der Waals surface area contributed by atoms with Gasteiger partial charge in [0.1, 0.15) is 0 Å². The minimum atomic E-state index is 0.186. The van der Waals surface area contributed by atoms with Gasteiger partial charge in [-0.25, -0.2) is 0 Å².